The fourth-order valence-corrected chi connectivity index (χ4v) is 2.55. The number of aliphatic hydroxyl groups excluding tert-OH is 3. The van der Waals surface area contributed by atoms with E-state index in [9.17, 15) is 24.9 Å². The maximum atomic E-state index is 11.4. The van der Waals surface area contributed by atoms with Gasteiger partial charge in [-0.2, -0.15) is 0 Å². The molecule has 0 radical (unpaired) electrons. The first kappa shape index (κ1) is 19.1. The van der Waals surface area contributed by atoms with Gasteiger partial charge in [-0.25, -0.2) is 0 Å². The molecule has 1 heterocycles. The second kappa shape index (κ2) is 8.26. The van der Waals surface area contributed by atoms with Crippen molar-refractivity contribution in [3.8, 4) is 11.5 Å². The number of aliphatic hydroxyl groups is 3. The van der Waals surface area contributed by atoms with Crippen molar-refractivity contribution in [3.63, 3.8) is 0 Å². The number of hydrogen-bond donors (Lipinski definition) is 4. The summed E-state index contributed by atoms with van der Waals surface area (Å²) in [5, 5.41) is 32.0. The van der Waals surface area contributed by atoms with E-state index < -0.39 is 43.2 Å². The molecule has 9 nitrogen and oxygen atoms in total. The second-order valence-electron chi connectivity index (χ2n) is 5.58. The summed E-state index contributed by atoms with van der Waals surface area (Å²) in [7, 11) is 1.39. The molecule has 1 fully saturated rings. The van der Waals surface area contributed by atoms with Gasteiger partial charge in [0.25, 0.3) is 0 Å². The minimum absolute atomic E-state index is 0.203. The number of hydrogen-bond acceptors (Lipinski definition) is 8. The SMILES string of the molecule is COc1cc(C=O)ccc1O[C@@H]1O[C@H](CO)[C@H](O)[C@H](O)[C@H]1NC(C)=O. The third kappa shape index (κ3) is 4.26. The summed E-state index contributed by atoms with van der Waals surface area (Å²) in [6.07, 6.45) is -4.47. The van der Waals surface area contributed by atoms with Gasteiger partial charge in [0, 0.05) is 12.5 Å². The standard InChI is InChI=1S/C16H21NO8/c1-8(20)17-13-15(22)14(21)12(7-19)25-16(13)24-10-4-3-9(6-18)5-11(10)23-2/h3-6,12-16,19,21-22H,7H2,1-2H3,(H,17,20)/t12-,13-,14+,15-,16-/m1/s1. The molecule has 0 saturated carbocycles. The van der Waals surface area contributed by atoms with Gasteiger partial charge >= 0.3 is 0 Å². The molecule has 0 spiro atoms. The molecule has 138 valence electrons. The van der Waals surface area contributed by atoms with Crippen molar-refractivity contribution in [1.82, 2.24) is 5.32 Å². The van der Waals surface area contributed by atoms with Crippen LogP contribution in [0.1, 0.15) is 17.3 Å². The third-order valence-corrected chi connectivity index (χ3v) is 3.82. The van der Waals surface area contributed by atoms with E-state index in [2.05, 4.69) is 5.32 Å². The van der Waals surface area contributed by atoms with Crippen molar-refractivity contribution < 1.29 is 39.1 Å². The van der Waals surface area contributed by atoms with Gasteiger partial charge in [0.1, 0.15) is 30.6 Å². The van der Waals surface area contributed by atoms with Crippen LogP contribution in [0.5, 0.6) is 11.5 Å². The van der Waals surface area contributed by atoms with E-state index in [1.54, 1.807) is 0 Å². The highest BCUT2D eigenvalue weighted by Gasteiger charge is 2.46. The number of rotatable bonds is 6. The van der Waals surface area contributed by atoms with Crippen molar-refractivity contribution in [1.29, 1.82) is 0 Å². The molecule has 1 saturated heterocycles. The molecule has 1 amide bonds. The van der Waals surface area contributed by atoms with E-state index in [4.69, 9.17) is 14.2 Å². The largest absolute Gasteiger partial charge is 0.493 e. The number of methoxy groups -OCH3 is 1. The molecular formula is C16H21NO8. The first-order chi connectivity index (χ1) is 11.9. The second-order valence-corrected chi connectivity index (χ2v) is 5.58. The van der Waals surface area contributed by atoms with Gasteiger partial charge < -0.3 is 34.8 Å². The van der Waals surface area contributed by atoms with Gasteiger partial charge in [0.05, 0.1) is 13.7 Å². The maximum absolute atomic E-state index is 11.4. The number of aldehydes is 1. The minimum atomic E-state index is -1.42. The average molecular weight is 355 g/mol. The Labute approximate surface area is 144 Å². The summed E-state index contributed by atoms with van der Waals surface area (Å²) >= 11 is 0. The molecule has 1 aliphatic rings. The normalized spacial score (nSPS) is 28.9. The van der Waals surface area contributed by atoms with Crippen molar-refractivity contribution >= 4 is 12.2 Å². The molecule has 1 aliphatic heterocycles. The van der Waals surface area contributed by atoms with Gasteiger partial charge in [-0.15, -0.1) is 0 Å². The predicted molar refractivity (Wildman–Crippen MR) is 84.4 cm³/mol. The van der Waals surface area contributed by atoms with Gasteiger partial charge in [-0.1, -0.05) is 0 Å². The highest BCUT2D eigenvalue weighted by Crippen LogP contribution is 2.31. The molecule has 25 heavy (non-hydrogen) atoms. The lowest BCUT2D eigenvalue weighted by Crippen LogP contribution is -2.65. The number of benzene rings is 1. The highest BCUT2D eigenvalue weighted by atomic mass is 16.7. The van der Waals surface area contributed by atoms with E-state index in [0.717, 1.165) is 0 Å². The maximum Gasteiger partial charge on any atom is 0.223 e. The number of carbonyl (C=O) groups excluding carboxylic acids is 2. The van der Waals surface area contributed by atoms with E-state index in [1.807, 2.05) is 0 Å². The Hall–Kier alpha value is -2.20. The number of nitrogens with one attached hydrogen (secondary N) is 1. The lowest BCUT2D eigenvalue weighted by molar-refractivity contribution is -0.244. The van der Waals surface area contributed by atoms with E-state index in [0.29, 0.717) is 11.8 Å². The molecule has 4 N–H and O–H groups in total. The van der Waals surface area contributed by atoms with Crippen LogP contribution in [0.25, 0.3) is 0 Å². The Morgan fingerprint density at radius 2 is 2.04 bits per heavy atom. The van der Waals surface area contributed by atoms with Gasteiger partial charge in [-0.3, -0.25) is 9.59 Å². The molecule has 0 aliphatic carbocycles. The monoisotopic (exact) mass is 355 g/mol. The van der Waals surface area contributed by atoms with Crippen LogP contribution in [-0.4, -0.2) is 71.9 Å². The fourth-order valence-electron chi connectivity index (χ4n) is 2.55. The Morgan fingerprint density at radius 1 is 1.32 bits per heavy atom. The van der Waals surface area contributed by atoms with Crippen LogP contribution in [0.4, 0.5) is 0 Å². The quantitative estimate of drug-likeness (QED) is 0.469. The first-order valence-corrected chi connectivity index (χ1v) is 7.60. The van der Waals surface area contributed by atoms with Crippen molar-refractivity contribution in [2.45, 2.75) is 37.6 Å². The summed E-state index contributed by atoms with van der Waals surface area (Å²) in [5.41, 5.74) is 0.371. The zero-order chi connectivity index (χ0) is 18.6. The molecule has 1 aromatic carbocycles. The first-order valence-electron chi connectivity index (χ1n) is 7.60. The van der Waals surface area contributed by atoms with Crippen LogP contribution in [0.15, 0.2) is 18.2 Å². The van der Waals surface area contributed by atoms with E-state index >= 15 is 0 Å². The average Bonchev–Trinajstić information content (AvgIpc) is 2.61. The number of carbonyl (C=O) groups is 2. The van der Waals surface area contributed by atoms with Crippen LogP contribution < -0.4 is 14.8 Å². The van der Waals surface area contributed by atoms with Gasteiger partial charge in [-0.05, 0) is 18.2 Å². The van der Waals surface area contributed by atoms with Crippen molar-refractivity contribution in [2.75, 3.05) is 13.7 Å². The molecule has 0 aromatic heterocycles. The summed E-state index contributed by atoms with van der Waals surface area (Å²) in [5.74, 6) is -0.0103. The predicted octanol–water partition coefficient (Wildman–Crippen LogP) is -1.17. The smallest absolute Gasteiger partial charge is 0.223 e. The summed E-state index contributed by atoms with van der Waals surface area (Å²) < 4.78 is 16.3. The zero-order valence-electron chi connectivity index (χ0n) is 13.8. The van der Waals surface area contributed by atoms with Crippen LogP contribution in [0.2, 0.25) is 0 Å². The minimum Gasteiger partial charge on any atom is -0.493 e. The Balaban J connectivity index is 2.29. The van der Waals surface area contributed by atoms with Crippen LogP contribution in [-0.2, 0) is 9.53 Å². The van der Waals surface area contributed by atoms with Gasteiger partial charge in [0.15, 0.2) is 11.5 Å². The summed E-state index contributed by atoms with van der Waals surface area (Å²) in [6, 6.07) is 3.34. The van der Waals surface area contributed by atoms with E-state index in [-0.39, 0.29) is 11.5 Å². The van der Waals surface area contributed by atoms with Crippen LogP contribution in [0.3, 0.4) is 0 Å². The van der Waals surface area contributed by atoms with Crippen molar-refractivity contribution in [2.24, 2.45) is 0 Å². The van der Waals surface area contributed by atoms with Crippen LogP contribution >= 0.6 is 0 Å². The number of amides is 1. The molecule has 9 heteroatoms. The molecule has 5 atom stereocenters. The molecule has 0 bridgehead atoms. The fraction of sp³-hybridized carbons (Fsp3) is 0.500. The highest BCUT2D eigenvalue weighted by molar-refractivity contribution is 5.76. The summed E-state index contributed by atoms with van der Waals surface area (Å²) in [4.78, 5) is 22.2. The summed E-state index contributed by atoms with van der Waals surface area (Å²) in [6.45, 7) is 0.694. The Morgan fingerprint density at radius 3 is 2.60 bits per heavy atom. The zero-order valence-corrected chi connectivity index (χ0v) is 13.8. The van der Waals surface area contributed by atoms with E-state index in [1.165, 1.54) is 32.2 Å². The van der Waals surface area contributed by atoms with Gasteiger partial charge in [0.2, 0.25) is 12.2 Å². The molecule has 1 aromatic rings. The number of ether oxygens (including phenoxy) is 3. The lowest BCUT2D eigenvalue weighted by Gasteiger charge is -2.42. The molecule has 0 unspecified atom stereocenters. The molecule has 2 rings (SSSR count). The Kier molecular flexibility index (Phi) is 6.32. The third-order valence-electron chi connectivity index (χ3n) is 3.82. The van der Waals surface area contributed by atoms with Crippen LogP contribution in [0, 0.1) is 0 Å². The topological polar surface area (TPSA) is 135 Å². The lowest BCUT2D eigenvalue weighted by atomic mass is 9.97. The Bertz CT molecular complexity index is 622. The van der Waals surface area contributed by atoms with Crippen molar-refractivity contribution in [3.05, 3.63) is 23.8 Å². The molecular weight excluding hydrogens is 334 g/mol.